The molecule has 0 spiro atoms. The van der Waals surface area contributed by atoms with Gasteiger partial charge in [0.05, 0.1) is 6.54 Å². The third-order valence-corrected chi connectivity index (χ3v) is 3.82. The number of amides is 1. The zero-order valence-corrected chi connectivity index (χ0v) is 12.4. The van der Waals surface area contributed by atoms with Crippen molar-refractivity contribution in [2.45, 2.75) is 58.5 Å². The van der Waals surface area contributed by atoms with Crippen LogP contribution < -0.4 is 10.6 Å². The van der Waals surface area contributed by atoms with Gasteiger partial charge in [0, 0.05) is 18.1 Å². The summed E-state index contributed by atoms with van der Waals surface area (Å²) in [6.45, 7) is 11.9. The minimum atomic E-state index is -0.0951. The minimum Gasteiger partial charge on any atom is -0.350 e. The molecule has 1 unspecified atom stereocenters. The van der Waals surface area contributed by atoms with Crippen molar-refractivity contribution in [2.24, 2.45) is 0 Å². The van der Waals surface area contributed by atoms with Gasteiger partial charge >= 0.3 is 0 Å². The van der Waals surface area contributed by atoms with E-state index in [0.717, 1.165) is 26.1 Å². The molecular weight excluding hydrogens is 226 g/mol. The Labute approximate surface area is 111 Å². The van der Waals surface area contributed by atoms with E-state index >= 15 is 0 Å². The molecule has 1 aliphatic rings. The molecule has 0 saturated carbocycles. The molecule has 4 nitrogen and oxygen atoms in total. The molecule has 1 fully saturated rings. The number of nitrogens with one attached hydrogen (secondary N) is 2. The number of carbonyl (C=O) groups excluding carboxylic acids is 1. The number of nitrogens with zero attached hydrogens (tertiary/aromatic N) is 1. The first-order chi connectivity index (χ1) is 8.46. The molecule has 1 heterocycles. The van der Waals surface area contributed by atoms with Gasteiger partial charge in [0.2, 0.25) is 5.91 Å². The minimum absolute atomic E-state index is 0.0951. The lowest BCUT2D eigenvalue weighted by Crippen LogP contribution is -2.49. The fraction of sp³-hybridized carbons (Fsp3) is 0.929. The lowest BCUT2D eigenvalue weighted by molar-refractivity contribution is -0.123. The number of carbonyl (C=O) groups is 1. The molecule has 1 saturated heterocycles. The highest BCUT2D eigenvalue weighted by Crippen LogP contribution is 2.08. The van der Waals surface area contributed by atoms with Crippen LogP contribution in [0.3, 0.4) is 0 Å². The summed E-state index contributed by atoms with van der Waals surface area (Å²) in [5.74, 6) is 0.140. The Morgan fingerprint density at radius 3 is 2.67 bits per heavy atom. The van der Waals surface area contributed by atoms with Crippen molar-refractivity contribution in [2.75, 3.05) is 26.2 Å². The Balaban J connectivity index is 2.35. The highest BCUT2D eigenvalue weighted by Gasteiger charge is 2.21. The fourth-order valence-electron chi connectivity index (χ4n) is 2.24. The van der Waals surface area contributed by atoms with Gasteiger partial charge in [-0.3, -0.25) is 9.69 Å². The summed E-state index contributed by atoms with van der Waals surface area (Å²) >= 11 is 0. The average Bonchev–Trinajstić information content (AvgIpc) is 2.80. The van der Waals surface area contributed by atoms with Crippen LogP contribution in [0.5, 0.6) is 0 Å². The summed E-state index contributed by atoms with van der Waals surface area (Å²) in [6, 6.07) is 0.567. The molecule has 1 rings (SSSR count). The summed E-state index contributed by atoms with van der Waals surface area (Å²) < 4.78 is 0. The molecule has 2 N–H and O–H groups in total. The molecule has 1 aliphatic heterocycles. The molecule has 0 bridgehead atoms. The third kappa shape index (κ3) is 5.36. The first-order valence-electron chi connectivity index (χ1n) is 7.23. The number of rotatable bonds is 7. The standard InChI is InChI=1S/C14H29N3O/c1-5-14(3,4)16-13(18)11-17(6-2)10-12-8-7-9-15-12/h12,15H,5-11H2,1-4H3,(H,16,18). The maximum atomic E-state index is 12.0. The molecule has 0 aromatic heterocycles. The second-order valence-electron chi connectivity index (χ2n) is 5.91. The Hall–Kier alpha value is -0.610. The highest BCUT2D eigenvalue weighted by atomic mass is 16.2. The smallest absolute Gasteiger partial charge is 0.234 e. The van der Waals surface area contributed by atoms with Crippen molar-refractivity contribution in [3.05, 3.63) is 0 Å². The monoisotopic (exact) mass is 255 g/mol. The molecule has 0 aliphatic carbocycles. The van der Waals surface area contributed by atoms with E-state index in [0.29, 0.717) is 12.6 Å². The number of hydrogen-bond acceptors (Lipinski definition) is 3. The topological polar surface area (TPSA) is 44.4 Å². The molecule has 1 amide bonds. The zero-order valence-electron chi connectivity index (χ0n) is 12.4. The highest BCUT2D eigenvalue weighted by molar-refractivity contribution is 5.78. The largest absolute Gasteiger partial charge is 0.350 e. The van der Waals surface area contributed by atoms with E-state index in [2.05, 4.69) is 43.2 Å². The maximum Gasteiger partial charge on any atom is 0.234 e. The predicted octanol–water partition coefficient (Wildman–Crippen LogP) is 1.37. The Bertz CT molecular complexity index is 260. The molecule has 106 valence electrons. The average molecular weight is 255 g/mol. The lowest BCUT2D eigenvalue weighted by atomic mass is 10.0. The molecule has 1 atom stereocenters. The number of likely N-dealkylation sites (N-methyl/N-ethyl adjacent to an activating group) is 1. The lowest BCUT2D eigenvalue weighted by Gasteiger charge is -2.28. The first kappa shape index (κ1) is 15.4. The van der Waals surface area contributed by atoms with Gasteiger partial charge in [-0.2, -0.15) is 0 Å². The van der Waals surface area contributed by atoms with E-state index in [1.165, 1.54) is 12.8 Å². The van der Waals surface area contributed by atoms with Gasteiger partial charge in [-0.25, -0.2) is 0 Å². The Morgan fingerprint density at radius 1 is 1.44 bits per heavy atom. The molecule has 0 aromatic carbocycles. The van der Waals surface area contributed by atoms with Crippen LogP contribution in [0.2, 0.25) is 0 Å². The zero-order chi connectivity index (χ0) is 13.6. The SMILES string of the molecule is CCN(CC(=O)NC(C)(C)CC)CC1CCCN1. The van der Waals surface area contributed by atoms with Crippen LogP contribution in [0.4, 0.5) is 0 Å². The van der Waals surface area contributed by atoms with Crippen LogP contribution in [0.1, 0.15) is 47.0 Å². The summed E-state index contributed by atoms with van der Waals surface area (Å²) in [5.41, 5.74) is -0.0951. The van der Waals surface area contributed by atoms with Gasteiger partial charge in [-0.05, 0) is 46.2 Å². The summed E-state index contributed by atoms with van der Waals surface area (Å²) in [5, 5.41) is 6.58. The van der Waals surface area contributed by atoms with Crippen molar-refractivity contribution in [1.82, 2.24) is 15.5 Å². The van der Waals surface area contributed by atoms with Gasteiger partial charge in [-0.1, -0.05) is 13.8 Å². The van der Waals surface area contributed by atoms with Crippen LogP contribution >= 0.6 is 0 Å². The van der Waals surface area contributed by atoms with Crippen LogP contribution in [-0.4, -0.2) is 48.6 Å². The van der Waals surface area contributed by atoms with Gasteiger partial charge in [0.1, 0.15) is 0 Å². The molecule has 18 heavy (non-hydrogen) atoms. The molecule has 0 aromatic rings. The van der Waals surface area contributed by atoms with Gasteiger partial charge in [-0.15, -0.1) is 0 Å². The summed E-state index contributed by atoms with van der Waals surface area (Å²) in [6.07, 6.45) is 3.45. The molecule has 0 radical (unpaired) electrons. The molecular formula is C14H29N3O. The van der Waals surface area contributed by atoms with Gasteiger partial charge in [0.25, 0.3) is 0 Å². The Morgan fingerprint density at radius 2 is 2.17 bits per heavy atom. The third-order valence-electron chi connectivity index (χ3n) is 3.82. The van der Waals surface area contributed by atoms with E-state index < -0.39 is 0 Å². The fourth-order valence-corrected chi connectivity index (χ4v) is 2.24. The van der Waals surface area contributed by atoms with E-state index in [9.17, 15) is 4.79 Å². The van der Waals surface area contributed by atoms with E-state index in [1.54, 1.807) is 0 Å². The van der Waals surface area contributed by atoms with Crippen LogP contribution in [0.15, 0.2) is 0 Å². The number of hydrogen-bond donors (Lipinski definition) is 2. The van der Waals surface area contributed by atoms with Crippen LogP contribution in [0, 0.1) is 0 Å². The first-order valence-corrected chi connectivity index (χ1v) is 7.23. The van der Waals surface area contributed by atoms with Crippen molar-refractivity contribution in [3.8, 4) is 0 Å². The normalized spacial score (nSPS) is 20.4. The summed E-state index contributed by atoms with van der Waals surface area (Å²) in [7, 11) is 0. The second kappa shape index (κ2) is 7.10. The van der Waals surface area contributed by atoms with Crippen molar-refractivity contribution < 1.29 is 4.79 Å². The molecule has 4 heteroatoms. The van der Waals surface area contributed by atoms with Crippen molar-refractivity contribution in [3.63, 3.8) is 0 Å². The van der Waals surface area contributed by atoms with Crippen LogP contribution in [-0.2, 0) is 4.79 Å². The quantitative estimate of drug-likeness (QED) is 0.722. The van der Waals surface area contributed by atoms with Gasteiger partial charge in [0.15, 0.2) is 0 Å². The van der Waals surface area contributed by atoms with E-state index in [4.69, 9.17) is 0 Å². The maximum absolute atomic E-state index is 12.0. The Kier molecular flexibility index (Phi) is 6.09. The van der Waals surface area contributed by atoms with Gasteiger partial charge < -0.3 is 10.6 Å². The van der Waals surface area contributed by atoms with E-state index in [-0.39, 0.29) is 11.4 Å². The van der Waals surface area contributed by atoms with E-state index in [1.807, 2.05) is 0 Å². The second-order valence-corrected chi connectivity index (χ2v) is 5.91. The van der Waals surface area contributed by atoms with Crippen LogP contribution in [0.25, 0.3) is 0 Å². The predicted molar refractivity (Wildman–Crippen MR) is 75.7 cm³/mol. The van der Waals surface area contributed by atoms with Crippen molar-refractivity contribution in [1.29, 1.82) is 0 Å². The summed E-state index contributed by atoms with van der Waals surface area (Å²) in [4.78, 5) is 14.2. The van der Waals surface area contributed by atoms with Crippen molar-refractivity contribution >= 4 is 5.91 Å².